The molecule has 0 radical (unpaired) electrons. The molecule has 2 rings (SSSR count). The molecule has 2 atom stereocenters. The van der Waals surface area contributed by atoms with Gasteiger partial charge < -0.3 is 10.1 Å². The van der Waals surface area contributed by atoms with Crippen molar-refractivity contribution in [2.75, 3.05) is 13.7 Å². The van der Waals surface area contributed by atoms with Crippen LogP contribution in [0.2, 0.25) is 0 Å². The van der Waals surface area contributed by atoms with Crippen LogP contribution in [0.3, 0.4) is 0 Å². The molecule has 3 heteroatoms. The summed E-state index contributed by atoms with van der Waals surface area (Å²) in [5.74, 6) is 0.504. The van der Waals surface area contributed by atoms with E-state index in [0.717, 1.165) is 18.5 Å². The van der Waals surface area contributed by atoms with E-state index in [9.17, 15) is 4.39 Å². The van der Waals surface area contributed by atoms with Gasteiger partial charge in [-0.05, 0) is 43.0 Å². The zero-order chi connectivity index (χ0) is 13.0. The Bertz CT molecular complexity index is 392. The standard InChI is InChI=1S/C15H22FNO/c1-3-17-14-7-5-4-6-12(14)11-8-9-15(18-2)13(16)10-11/h8-10,12,14,17H,3-7H2,1-2H3. The number of likely N-dealkylation sites (N-methyl/N-ethyl adjacent to an activating group) is 1. The van der Waals surface area contributed by atoms with Crippen molar-refractivity contribution in [1.29, 1.82) is 0 Å². The van der Waals surface area contributed by atoms with Gasteiger partial charge in [-0.2, -0.15) is 0 Å². The minimum absolute atomic E-state index is 0.254. The number of nitrogens with one attached hydrogen (secondary N) is 1. The van der Waals surface area contributed by atoms with Crippen molar-refractivity contribution in [3.63, 3.8) is 0 Å². The van der Waals surface area contributed by atoms with Crippen molar-refractivity contribution in [3.05, 3.63) is 29.6 Å². The molecule has 1 aromatic rings. The quantitative estimate of drug-likeness (QED) is 0.884. The van der Waals surface area contributed by atoms with E-state index < -0.39 is 0 Å². The fourth-order valence-corrected chi connectivity index (χ4v) is 2.95. The van der Waals surface area contributed by atoms with E-state index >= 15 is 0 Å². The molecular weight excluding hydrogens is 229 g/mol. The lowest BCUT2D eigenvalue weighted by Gasteiger charge is -2.32. The van der Waals surface area contributed by atoms with Crippen LogP contribution in [-0.2, 0) is 0 Å². The van der Waals surface area contributed by atoms with Crippen molar-refractivity contribution < 1.29 is 9.13 Å². The summed E-state index contributed by atoms with van der Waals surface area (Å²) in [5, 5.41) is 3.53. The van der Waals surface area contributed by atoms with Gasteiger partial charge in [0.25, 0.3) is 0 Å². The van der Waals surface area contributed by atoms with Crippen molar-refractivity contribution >= 4 is 0 Å². The molecule has 1 aromatic carbocycles. The molecule has 1 fully saturated rings. The smallest absolute Gasteiger partial charge is 0.165 e. The second-order valence-electron chi connectivity index (χ2n) is 4.95. The summed E-state index contributed by atoms with van der Waals surface area (Å²) in [5.41, 5.74) is 1.10. The van der Waals surface area contributed by atoms with E-state index in [2.05, 4.69) is 12.2 Å². The average molecular weight is 251 g/mol. The number of halogens is 1. The molecular formula is C15H22FNO. The van der Waals surface area contributed by atoms with Crippen LogP contribution in [-0.4, -0.2) is 19.7 Å². The third-order valence-corrected chi connectivity index (χ3v) is 3.84. The van der Waals surface area contributed by atoms with E-state index in [-0.39, 0.29) is 5.82 Å². The highest BCUT2D eigenvalue weighted by Gasteiger charge is 2.26. The average Bonchev–Trinajstić information content (AvgIpc) is 2.40. The summed E-state index contributed by atoms with van der Waals surface area (Å²) in [6.45, 7) is 3.10. The normalized spacial score (nSPS) is 23.9. The van der Waals surface area contributed by atoms with Crippen LogP contribution < -0.4 is 10.1 Å². The van der Waals surface area contributed by atoms with Gasteiger partial charge in [-0.25, -0.2) is 4.39 Å². The van der Waals surface area contributed by atoms with Gasteiger partial charge in [-0.1, -0.05) is 25.8 Å². The molecule has 0 saturated heterocycles. The molecule has 18 heavy (non-hydrogen) atoms. The van der Waals surface area contributed by atoms with Crippen molar-refractivity contribution in [2.24, 2.45) is 0 Å². The Morgan fingerprint density at radius 3 is 2.78 bits per heavy atom. The molecule has 1 aliphatic rings. The summed E-state index contributed by atoms with van der Waals surface area (Å²) in [6.07, 6.45) is 4.84. The molecule has 0 amide bonds. The molecule has 2 unspecified atom stereocenters. The fraction of sp³-hybridized carbons (Fsp3) is 0.600. The zero-order valence-electron chi connectivity index (χ0n) is 11.2. The third kappa shape index (κ3) is 2.83. The molecule has 100 valence electrons. The van der Waals surface area contributed by atoms with Crippen LogP contribution in [0, 0.1) is 5.82 Å². The molecule has 0 heterocycles. The minimum Gasteiger partial charge on any atom is -0.494 e. The first-order valence-electron chi connectivity index (χ1n) is 6.83. The Morgan fingerprint density at radius 2 is 2.11 bits per heavy atom. The van der Waals surface area contributed by atoms with Crippen LogP contribution >= 0.6 is 0 Å². The van der Waals surface area contributed by atoms with E-state index in [1.54, 1.807) is 12.1 Å². The van der Waals surface area contributed by atoms with Gasteiger partial charge in [0.15, 0.2) is 11.6 Å². The lowest BCUT2D eigenvalue weighted by molar-refractivity contribution is 0.330. The van der Waals surface area contributed by atoms with E-state index in [0.29, 0.717) is 17.7 Å². The van der Waals surface area contributed by atoms with Crippen LogP contribution in [0.15, 0.2) is 18.2 Å². The molecule has 1 saturated carbocycles. The van der Waals surface area contributed by atoms with Gasteiger partial charge in [-0.3, -0.25) is 0 Å². The second kappa shape index (κ2) is 6.19. The molecule has 1 N–H and O–H groups in total. The SMILES string of the molecule is CCNC1CCCCC1c1ccc(OC)c(F)c1. The number of rotatable bonds is 4. The number of methoxy groups -OCH3 is 1. The Morgan fingerprint density at radius 1 is 1.33 bits per heavy atom. The largest absolute Gasteiger partial charge is 0.494 e. The summed E-state index contributed by atoms with van der Waals surface area (Å²) in [6, 6.07) is 5.86. The van der Waals surface area contributed by atoms with Crippen molar-refractivity contribution in [1.82, 2.24) is 5.32 Å². The maximum absolute atomic E-state index is 13.8. The van der Waals surface area contributed by atoms with Crippen LogP contribution in [0.5, 0.6) is 5.75 Å². The van der Waals surface area contributed by atoms with Gasteiger partial charge in [0.05, 0.1) is 7.11 Å². The molecule has 0 spiro atoms. The lowest BCUT2D eigenvalue weighted by atomic mass is 9.80. The first-order valence-corrected chi connectivity index (χ1v) is 6.83. The summed E-state index contributed by atoms with van der Waals surface area (Å²) >= 11 is 0. The van der Waals surface area contributed by atoms with Gasteiger partial charge >= 0.3 is 0 Å². The highest BCUT2D eigenvalue weighted by atomic mass is 19.1. The first kappa shape index (κ1) is 13.3. The molecule has 0 aromatic heterocycles. The van der Waals surface area contributed by atoms with Crippen LogP contribution in [0.4, 0.5) is 4.39 Å². The fourth-order valence-electron chi connectivity index (χ4n) is 2.95. The maximum Gasteiger partial charge on any atom is 0.165 e. The van der Waals surface area contributed by atoms with Gasteiger partial charge in [0, 0.05) is 6.04 Å². The topological polar surface area (TPSA) is 21.3 Å². The predicted molar refractivity (Wildman–Crippen MR) is 71.6 cm³/mol. The monoisotopic (exact) mass is 251 g/mol. The molecule has 0 aliphatic heterocycles. The van der Waals surface area contributed by atoms with E-state index in [1.807, 2.05) is 6.07 Å². The number of hydrogen-bond donors (Lipinski definition) is 1. The summed E-state index contributed by atoms with van der Waals surface area (Å²) < 4.78 is 18.7. The van der Waals surface area contributed by atoms with Crippen LogP contribution in [0.1, 0.15) is 44.1 Å². The number of benzene rings is 1. The Balaban J connectivity index is 2.19. The van der Waals surface area contributed by atoms with Crippen molar-refractivity contribution in [3.8, 4) is 5.75 Å². The van der Waals surface area contributed by atoms with Gasteiger partial charge in [-0.15, -0.1) is 0 Å². The summed E-state index contributed by atoms with van der Waals surface area (Å²) in [7, 11) is 1.50. The number of ether oxygens (including phenoxy) is 1. The Kier molecular flexibility index (Phi) is 4.59. The molecule has 1 aliphatic carbocycles. The Labute approximate surface area is 109 Å². The van der Waals surface area contributed by atoms with E-state index in [4.69, 9.17) is 4.74 Å². The maximum atomic E-state index is 13.8. The zero-order valence-corrected chi connectivity index (χ0v) is 11.2. The van der Waals surface area contributed by atoms with Gasteiger partial charge in [0.2, 0.25) is 0 Å². The lowest BCUT2D eigenvalue weighted by Crippen LogP contribution is -2.37. The highest BCUT2D eigenvalue weighted by molar-refractivity contribution is 5.32. The third-order valence-electron chi connectivity index (χ3n) is 3.84. The van der Waals surface area contributed by atoms with E-state index in [1.165, 1.54) is 26.4 Å². The first-order chi connectivity index (χ1) is 8.76. The van der Waals surface area contributed by atoms with Crippen LogP contribution in [0.25, 0.3) is 0 Å². The molecule has 0 bridgehead atoms. The van der Waals surface area contributed by atoms with Gasteiger partial charge in [0.1, 0.15) is 0 Å². The highest BCUT2D eigenvalue weighted by Crippen LogP contribution is 2.34. The second-order valence-corrected chi connectivity index (χ2v) is 4.95. The summed E-state index contributed by atoms with van der Waals surface area (Å²) in [4.78, 5) is 0. The number of hydrogen-bond acceptors (Lipinski definition) is 2. The van der Waals surface area contributed by atoms with Crippen molar-refractivity contribution in [2.45, 2.75) is 44.6 Å². The predicted octanol–water partition coefficient (Wildman–Crippen LogP) is 3.47. The Hall–Kier alpha value is -1.09. The minimum atomic E-state index is -0.254. The molecule has 2 nitrogen and oxygen atoms in total.